The summed E-state index contributed by atoms with van der Waals surface area (Å²) in [5.41, 5.74) is 6.90. The summed E-state index contributed by atoms with van der Waals surface area (Å²) in [6, 6.07) is 1.82. The van der Waals surface area contributed by atoms with Gasteiger partial charge in [-0.05, 0) is 6.07 Å². The van der Waals surface area contributed by atoms with Gasteiger partial charge in [0.15, 0.2) is 0 Å². The quantitative estimate of drug-likeness (QED) is 0.827. The van der Waals surface area contributed by atoms with Crippen LogP contribution in [0.25, 0.3) is 0 Å². The second kappa shape index (κ2) is 5.11. The smallest absolute Gasteiger partial charge is 0.249 e. The number of carbonyl (C=O) groups is 1. The number of rotatable bonds is 5. The van der Waals surface area contributed by atoms with Crippen LogP contribution in [0.3, 0.4) is 0 Å². The number of hydrogen-bond donors (Lipinski definition) is 2. The van der Waals surface area contributed by atoms with Gasteiger partial charge in [-0.2, -0.15) is 5.10 Å². The molecule has 2 aromatic heterocycles. The maximum Gasteiger partial charge on any atom is 0.249 e. The van der Waals surface area contributed by atoms with Crippen LogP contribution in [0.2, 0.25) is 0 Å². The van der Waals surface area contributed by atoms with Gasteiger partial charge < -0.3 is 11.1 Å². The van der Waals surface area contributed by atoms with E-state index in [1.807, 2.05) is 25.5 Å². The van der Waals surface area contributed by atoms with Crippen molar-refractivity contribution in [2.45, 2.75) is 13.1 Å². The minimum atomic E-state index is -0.375. The Bertz CT molecular complexity index is 517. The molecule has 0 aliphatic heterocycles. The van der Waals surface area contributed by atoms with Gasteiger partial charge in [0, 0.05) is 42.2 Å². The topological polar surface area (TPSA) is 72.9 Å². The minimum Gasteiger partial charge on any atom is -0.366 e. The number of aromatic nitrogens is 2. The minimum absolute atomic E-state index is 0.375. The monoisotopic (exact) mass is 250 g/mol. The van der Waals surface area contributed by atoms with E-state index in [2.05, 4.69) is 10.4 Å². The summed E-state index contributed by atoms with van der Waals surface area (Å²) in [6.07, 6.45) is 3.80. The standard InChI is InChI=1S/C11H14N4OS/c1-15-6-8(4-14-15)3-13-5-10-2-9(7-17-10)11(12)16/h2,4,6-7,13H,3,5H2,1H3,(H2,12,16). The Kier molecular flexibility index (Phi) is 3.55. The van der Waals surface area contributed by atoms with Gasteiger partial charge in [0.2, 0.25) is 5.91 Å². The SMILES string of the molecule is Cn1cc(CNCc2cc(C(N)=O)cs2)cn1. The molecule has 0 saturated carbocycles. The molecular formula is C11H14N4OS. The van der Waals surface area contributed by atoms with Crippen LogP contribution >= 0.6 is 11.3 Å². The molecule has 0 fully saturated rings. The van der Waals surface area contributed by atoms with Crippen molar-refractivity contribution in [2.24, 2.45) is 12.8 Å². The maximum absolute atomic E-state index is 10.9. The Balaban J connectivity index is 1.83. The summed E-state index contributed by atoms with van der Waals surface area (Å²) in [6.45, 7) is 1.49. The number of amides is 1. The van der Waals surface area contributed by atoms with Crippen LogP contribution in [0.5, 0.6) is 0 Å². The van der Waals surface area contributed by atoms with Gasteiger partial charge in [-0.3, -0.25) is 9.48 Å². The zero-order chi connectivity index (χ0) is 12.3. The van der Waals surface area contributed by atoms with Crippen LogP contribution in [0.1, 0.15) is 20.8 Å². The molecule has 2 rings (SSSR count). The lowest BCUT2D eigenvalue weighted by molar-refractivity contribution is 0.100. The van der Waals surface area contributed by atoms with Crippen molar-refractivity contribution in [3.8, 4) is 0 Å². The number of nitrogens with one attached hydrogen (secondary N) is 1. The highest BCUT2D eigenvalue weighted by atomic mass is 32.1. The van der Waals surface area contributed by atoms with Crippen LogP contribution in [0.15, 0.2) is 23.8 Å². The zero-order valence-electron chi connectivity index (χ0n) is 9.51. The third kappa shape index (κ3) is 3.15. The summed E-state index contributed by atoms with van der Waals surface area (Å²) in [5, 5.41) is 9.16. The number of nitrogens with two attached hydrogens (primary N) is 1. The molecule has 5 nitrogen and oxygen atoms in total. The number of hydrogen-bond acceptors (Lipinski definition) is 4. The van der Waals surface area contributed by atoms with Crippen LogP contribution in [-0.2, 0) is 20.1 Å². The second-order valence-corrected chi connectivity index (χ2v) is 4.79. The summed E-state index contributed by atoms with van der Waals surface area (Å²) >= 11 is 1.53. The van der Waals surface area contributed by atoms with Crippen LogP contribution in [0.4, 0.5) is 0 Å². The highest BCUT2D eigenvalue weighted by molar-refractivity contribution is 7.10. The first-order valence-corrected chi connectivity index (χ1v) is 6.08. The molecular weight excluding hydrogens is 236 g/mol. The lowest BCUT2D eigenvalue weighted by Gasteiger charge is -1.99. The zero-order valence-corrected chi connectivity index (χ0v) is 10.3. The van der Waals surface area contributed by atoms with Crippen molar-refractivity contribution in [2.75, 3.05) is 0 Å². The van der Waals surface area contributed by atoms with Gasteiger partial charge in [-0.15, -0.1) is 11.3 Å². The molecule has 17 heavy (non-hydrogen) atoms. The molecule has 3 N–H and O–H groups in total. The molecule has 90 valence electrons. The van der Waals surface area contributed by atoms with E-state index >= 15 is 0 Å². The first kappa shape index (κ1) is 11.8. The van der Waals surface area contributed by atoms with Crippen molar-refractivity contribution in [3.05, 3.63) is 39.8 Å². The van der Waals surface area contributed by atoms with Crippen LogP contribution < -0.4 is 11.1 Å². The van der Waals surface area contributed by atoms with Crippen molar-refractivity contribution < 1.29 is 4.79 Å². The van der Waals surface area contributed by atoms with E-state index < -0.39 is 0 Å². The Morgan fingerprint density at radius 3 is 3.00 bits per heavy atom. The lowest BCUT2D eigenvalue weighted by Crippen LogP contribution is -2.12. The molecule has 0 aromatic carbocycles. The van der Waals surface area contributed by atoms with Gasteiger partial charge in [0.1, 0.15) is 0 Å². The van der Waals surface area contributed by atoms with E-state index in [-0.39, 0.29) is 5.91 Å². The fourth-order valence-electron chi connectivity index (χ4n) is 1.50. The predicted octanol–water partition coefficient (Wildman–Crippen LogP) is 0.870. The summed E-state index contributed by atoms with van der Waals surface area (Å²) in [4.78, 5) is 12.0. The number of aryl methyl sites for hydroxylation is 1. The molecule has 2 aromatic rings. The molecule has 0 unspecified atom stereocenters. The van der Waals surface area contributed by atoms with Gasteiger partial charge in [-0.1, -0.05) is 0 Å². The molecule has 0 aliphatic rings. The Morgan fingerprint density at radius 1 is 1.59 bits per heavy atom. The number of nitrogens with zero attached hydrogens (tertiary/aromatic N) is 2. The van der Waals surface area contributed by atoms with Gasteiger partial charge in [-0.25, -0.2) is 0 Å². The molecule has 6 heteroatoms. The Labute approximate surface area is 103 Å². The third-order valence-electron chi connectivity index (χ3n) is 2.32. The maximum atomic E-state index is 10.9. The molecule has 0 radical (unpaired) electrons. The fourth-order valence-corrected chi connectivity index (χ4v) is 2.34. The van der Waals surface area contributed by atoms with Crippen molar-refractivity contribution >= 4 is 17.2 Å². The Morgan fingerprint density at radius 2 is 2.41 bits per heavy atom. The summed E-state index contributed by atoms with van der Waals surface area (Å²) in [5.74, 6) is -0.375. The third-order valence-corrected chi connectivity index (χ3v) is 3.26. The van der Waals surface area contributed by atoms with E-state index in [4.69, 9.17) is 5.73 Å². The van der Waals surface area contributed by atoms with Gasteiger partial charge in [0.05, 0.1) is 11.8 Å². The van der Waals surface area contributed by atoms with Crippen molar-refractivity contribution in [1.82, 2.24) is 15.1 Å². The molecule has 2 heterocycles. The lowest BCUT2D eigenvalue weighted by atomic mass is 10.3. The Hall–Kier alpha value is -1.66. The second-order valence-electron chi connectivity index (χ2n) is 3.79. The highest BCUT2D eigenvalue weighted by Crippen LogP contribution is 2.14. The van der Waals surface area contributed by atoms with E-state index in [0.717, 1.165) is 23.5 Å². The molecule has 0 atom stereocenters. The van der Waals surface area contributed by atoms with E-state index in [1.54, 1.807) is 10.1 Å². The van der Waals surface area contributed by atoms with Crippen molar-refractivity contribution in [3.63, 3.8) is 0 Å². The van der Waals surface area contributed by atoms with E-state index in [1.165, 1.54) is 11.3 Å². The van der Waals surface area contributed by atoms with E-state index in [0.29, 0.717) is 5.56 Å². The molecule has 0 bridgehead atoms. The average molecular weight is 250 g/mol. The molecule has 0 saturated heterocycles. The molecule has 1 amide bonds. The van der Waals surface area contributed by atoms with Crippen LogP contribution in [-0.4, -0.2) is 15.7 Å². The number of primary amides is 1. The van der Waals surface area contributed by atoms with E-state index in [9.17, 15) is 4.79 Å². The van der Waals surface area contributed by atoms with Crippen LogP contribution in [0, 0.1) is 0 Å². The largest absolute Gasteiger partial charge is 0.366 e. The first-order chi connectivity index (χ1) is 8.15. The normalized spacial score (nSPS) is 10.6. The molecule has 0 spiro atoms. The predicted molar refractivity (Wildman–Crippen MR) is 66.6 cm³/mol. The van der Waals surface area contributed by atoms with Crippen molar-refractivity contribution in [1.29, 1.82) is 0 Å². The highest BCUT2D eigenvalue weighted by Gasteiger charge is 2.04. The number of thiophene rings is 1. The van der Waals surface area contributed by atoms with Gasteiger partial charge >= 0.3 is 0 Å². The first-order valence-electron chi connectivity index (χ1n) is 5.20. The summed E-state index contributed by atoms with van der Waals surface area (Å²) < 4.78 is 1.77. The summed E-state index contributed by atoms with van der Waals surface area (Å²) in [7, 11) is 1.89. The van der Waals surface area contributed by atoms with Gasteiger partial charge in [0.25, 0.3) is 0 Å². The average Bonchev–Trinajstić information content (AvgIpc) is 2.88. The fraction of sp³-hybridized carbons (Fsp3) is 0.273. The molecule has 0 aliphatic carbocycles. The number of carbonyl (C=O) groups excluding carboxylic acids is 1.